The standard InChI is InChI=1S/C16H17NO/c1-13-10-15(12-18)8-9-16(13)17(2)11-14-6-4-3-5-7-14/h3-10,12H,11H2,1-2H3. The van der Waals surface area contributed by atoms with Gasteiger partial charge in [-0.05, 0) is 36.2 Å². The van der Waals surface area contributed by atoms with Gasteiger partial charge in [0.1, 0.15) is 6.29 Å². The van der Waals surface area contributed by atoms with Crippen molar-refractivity contribution in [3.05, 3.63) is 65.2 Å². The van der Waals surface area contributed by atoms with Crippen LogP contribution in [-0.4, -0.2) is 13.3 Å². The third kappa shape index (κ3) is 2.77. The first-order valence-corrected chi connectivity index (χ1v) is 6.01. The molecule has 0 saturated carbocycles. The molecule has 0 saturated heterocycles. The molecule has 2 rings (SSSR count). The highest BCUT2D eigenvalue weighted by atomic mass is 16.1. The van der Waals surface area contributed by atoms with Gasteiger partial charge in [0, 0.05) is 24.8 Å². The molecule has 0 amide bonds. The Balaban J connectivity index is 2.19. The Morgan fingerprint density at radius 3 is 2.44 bits per heavy atom. The van der Waals surface area contributed by atoms with Crippen molar-refractivity contribution in [3.63, 3.8) is 0 Å². The van der Waals surface area contributed by atoms with Crippen LogP contribution >= 0.6 is 0 Å². The van der Waals surface area contributed by atoms with Crippen LogP contribution in [0, 0.1) is 6.92 Å². The van der Waals surface area contributed by atoms with E-state index in [2.05, 4.69) is 24.1 Å². The fraction of sp³-hybridized carbons (Fsp3) is 0.188. The Hall–Kier alpha value is -2.09. The fourth-order valence-electron chi connectivity index (χ4n) is 2.12. The fourth-order valence-corrected chi connectivity index (χ4v) is 2.12. The van der Waals surface area contributed by atoms with Crippen LogP contribution in [-0.2, 0) is 6.54 Å². The number of anilines is 1. The monoisotopic (exact) mass is 239 g/mol. The largest absolute Gasteiger partial charge is 0.370 e. The van der Waals surface area contributed by atoms with E-state index in [9.17, 15) is 4.79 Å². The number of aldehydes is 1. The van der Waals surface area contributed by atoms with E-state index >= 15 is 0 Å². The average Bonchev–Trinajstić information content (AvgIpc) is 2.39. The van der Waals surface area contributed by atoms with E-state index in [0.717, 1.165) is 29.6 Å². The number of carbonyl (C=O) groups excluding carboxylic acids is 1. The lowest BCUT2D eigenvalue weighted by Crippen LogP contribution is -2.17. The lowest BCUT2D eigenvalue weighted by molar-refractivity contribution is 0.112. The Bertz CT molecular complexity index is 534. The van der Waals surface area contributed by atoms with Crippen LogP contribution in [0.25, 0.3) is 0 Å². The predicted octanol–water partition coefficient (Wildman–Crippen LogP) is 3.44. The minimum absolute atomic E-state index is 0.726. The van der Waals surface area contributed by atoms with E-state index in [0.29, 0.717) is 0 Å². The minimum atomic E-state index is 0.726. The Labute approximate surface area is 108 Å². The van der Waals surface area contributed by atoms with Crippen molar-refractivity contribution in [2.75, 3.05) is 11.9 Å². The molecule has 2 aromatic carbocycles. The molecular weight excluding hydrogens is 222 g/mol. The summed E-state index contributed by atoms with van der Waals surface area (Å²) in [5, 5.41) is 0. The maximum absolute atomic E-state index is 10.7. The molecule has 0 heterocycles. The molecule has 0 bridgehead atoms. The second-order valence-electron chi connectivity index (χ2n) is 4.51. The second-order valence-corrected chi connectivity index (χ2v) is 4.51. The highest BCUT2D eigenvalue weighted by molar-refractivity contribution is 5.76. The molecule has 0 spiro atoms. The van der Waals surface area contributed by atoms with Gasteiger partial charge in [0.15, 0.2) is 0 Å². The zero-order valence-electron chi connectivity index (χ0n) is 10.8. The number of benzene rings is 2. The van der Waals surface area contributed by atoms with Crippen LogP contribution in [0.4, 0.5) is 5.69 Å². The summed E-state index contributed by atoms with van der Waals surface area (Å²) in [6.07, 6.45) is 0.883. The Kier molecular flexibility index (Phi) is 3.78. The van der Waals surface area contributed by atoms with E-state index in [1.807, 2.05) is 43.3 Å². The van der Waals surface area contributed by atoms with Crippen molar-refractivity contribution in [1.82, 2.24) is 0 Å². The van der Waals surface area contributed by atoms with Crippen LogP contribution in [0.3, 0.4) is 0 Å². The zero-order chi connectivity index (χ0) is 13.0. The Morgan fingerprint density at radius 1 is 1.11 bits per heavy atom. The molecule has 0 fully saturated rings. The average molecular weight is 239 g/mol. The quantitative estimate of drug-likeness (QED) is 0.762. The summed E-state index contributed by atoms with van der Waals surface area (Å²) in [6, 6.07) is 16.1. The van der Waals surface area contributed by atoms with Gasteiger partial charge in [0.05, 0.1) is 0 Å². The summed E-state index contributed by atoms with van der Waals surface area (Å²) in [6.45, 7) is 2.89. The van der Waals surface area contributed by atoms with Gasteiger partial charge in [-0.1, -0.05) is 30.3 Å². The molecular formula is C16H17NO. The van der Waals surface area contributed by atoms with Gasteiger partial charge in [-0.25, -0.2) is 0 Å². The molecule has 92 valence electrons. The number of hydrogen-bond acceptors (Lipinski definition) is 2. The minimum Gasteiger partial charge on any atom is -0.370 e. The summed E-state index contributed by atoms with van der Waals surface area (Å²) in [4.78, 5) is 12.9. The number of carbonyl (C=O) groups is 1. The van der Waals surface area contributed by atoms with E-state index in [1.165, 1.54) is 5.56 Å². The molecule has 0 aromatic heterocycles. The van der Waals surface area contributed by atoms with Crippen LogP contribution < -0.4 is 4.90 Å². The van der Waals surface area contributed by atoms with Gasteiger partial charge in [0.25, 0.3) is 0 Å². The summed E-state index contributed by atoms with van der Waals surface area (Å²) in [5.74, 6) is 0. The number of rotatable bonds is 4. The van der Waals surface area contributed by atoms with Crippen molar-refractivity contribution in [2.45, 2.75) is 13.5 Å². The number of nitrogens with zero attached hydrogens (tertiary/aromatic N) is 1. The third-order valence-corrected chi connectivity index (χ3v) is 3.03. The number of aryl methyl sites for hydroxylation is 1. The lowest BCUT2D eigenvalue weighted by atomic mass is 10.1. The van der Waals surface area contributed by atoms with Crippen LogP contribution in [0.5, 0.6) is 0 Å². The third-order valence-electron chi connectivity index (χ3n) is 3.03. The highest BCUT2D eigenvalue weighted by Gasteiger charge is 2.05. The van der Waals surface area contributed by atoms with E-state index in [1.54, 1.807) is 0 Å². The maximum Gasteiger partial charge on any atom is 0.150 e. The molecule has 18 heavy (non-hydrogen) atoms. The van der Waals surface area contributed by atoms with Gasteiger partial charge in [-0.3, -0.25) is 4.79 Å². The summed E-state index contributed by atoms with van der Waals surface area (Å²) < 4.78 is 0. The smallest absolute Gasteiger partial charge is 0.150 e. The first kappa shape index (κ1) is 12.4. The molecule has 0 unspecified atom stereocenters. The van der Waals surface area contributed by atoms with E-state index < -0.39 is 0 Å². The summed E-state index contributed by atoms with van der Waals surface area (Å²) >= 11 is 0. The Morgan fingerprint density at radius 2 is 1.83 bits per heavy atom. The number of hydrogen-bond donors (Lipinski definition) is 0. The predicted molar refractivity (Wildman–Crippen MR) is 75.1 cm³/mol. The maximum atomic E-state index is 10.7. The van der Waals surface area contributed by atoms with Crippen molar-refractivity contribution in [3.8, 4) is 0 Å². The molecule has 0 aliphatic carbocycles. The summed E-state index contributed by atoms with van der Waals surface area (Å²) in [5.41, 5.74) is 4.28. The van der Waals surface area contributed by atoms with Crippen LogP contribution in [0.2, 0.25) is 0 Å². The van der Waals surface area contributed by atoms with E-state index in [4.69, 9.17) is 0 Å². The molecule has 2 nitrogen and oxygen atoms in total. The molecule has 0 N–H and O–H groups in total. The van der Waals surface area contributed by atoms with Crippen molar-refractivity contribution >= 4 is 12.0 Å². The molecule has 0 atom stereocenters. The van der Waals surface area contributed by atoms with E-state index in [-0.39, 0.29) is 0 Å². The van der Waals surface area contributed by atoms with Crippen molar-refractivity contribution in [2.24, 2.45) is 0 Å². The molecule has 0 aliphatic heterocycles. The van der Waals surface area contributed by atoms with Gasteiger partial charge in [-0.2, -0.15) is 0 Å². The van der Waals surface area contributed by atoms with Crippen molar-refractivity contribution in [1.29, 1.82) is 0 Å². The van der Waals surface area contributed by atoms with Crippen LogP contribution in [0.15, 0.2) is 48.5 Å². The van der Waals surface area contributed by atoms with Crippen LogP contribution in [0.1, 0.15) is 21.5 Å². The lowest BCUT2D eigenvalue weighted by Gasteiger charge is -2.21. The highest BCUT2D eigenvalue weighted by Crippen LogP contribution is 2.21. The summed E-state index contributed by atoms with van der Waals surface area (Å²) in [7, 11) is 2.07. The van der Waals surface area contributed by atoms with Crippen molar-refractivity contribution < 1.29 is 4.79 Å². The van der Waals surface area contributed by atoms with Gasteiger partial charge < -0.3 is 4.90 Å². The molecule has 2 heteroatoms. The first-order valence-electron chi connectivity index (χ1n) is 6.01. The van der Waals surface area contributed by atoms with Gasteiger partial charge in [0.2, 0.25) is 0 Å². The zero-order valence-corrected chi connectivity index (χ0v) is 10.8. The topological polar surface area (TPSA) is 20.3 Å². The van der Waals surface area contributed by atoms with Gasteiger partial charge >= 0.3 is 0 Å². The first-order chi connectivity index (χ1) is 8.70. The van der Waals surface area contributed by atoms with Gasteiger partial charge in [-0.15, -0.1) is 0 Å². The second kappa shape index (κ2) is 5.50. The molecule has 2 aromatic rings. The molecule has 0 radical (unpaired) electrons. The normalized spacial score (nSPS) is 10.1. The SMILES string of the molecule is Cc1cc(C=O)ccc1N(C)Cc1ccccc1. The molecule has 0 aliphatic rings.